The molecule has 2 amide bonds. The molecule has 0 bridgehead atoms. The van der Waals surface area contributed by atoms with Gasteiger partial charge in [0, 0.05) is 13.1 Å². The summed E-state index contributed by atoms with van der Waals surface area (Å²) in [6.45, 7) is 7.17. The zero-order chi connectivity index (χ0) is 16.1. The van der Waals surface area contributed by atoms with Crippen LogP contribution in [0.3, 0.4) is 0 Å². The Hall–Kier alpha value is -2.10. The summed E-state index contributed by atoms with van der Waals surface area (Å²) in [6.07, 6.45) is 2.89. The molecule has 1 aromatic carbocycles. The van der Waals surface area contributed by atoms with Crippen LogP contribution in [0.2, 0.25) is 0 Å². The number of allylic oxidation sites excluding steroid dienone is 1. The molecule has 1 aliphatic rings. The second-order valence-electron chi connectivity index (χ2n) is 6.01. The Labute approximate surface area is 132 Å². The lowest BCUT2D eigenvalue weighted by Crippen LogP contribution is -2.58. The van der Waals surface area contributed by atoms with E-state index < -0.39 is 0 Å². The minimum atomic E-state index is -0.379. The fraction of sp³-hybridized carbons (Fsp3) is 0.444. The molecule has 0 aliphatic carbocycles. The van der Waals surface area contributed by atoms with E-state index in [0.29, 0.717) is 13.1 Å². The molecule has 1 aliphatic heterocycles. The molecule has 22 heavy (non-hydrogen) atoms. The van der Waals surface area contributed by atoms with E-state index in [2.05, 4.69) is 6.08 Å². The van der Waals surface area contributed by atoms with Crippen LogP contribution in [0.4, 0.5) is 0 Å². The standard InChI is InChI=1S/C18H24N2O2/c1-14(2)8-7-11-20-15(3)18(22)19(13-17(20)21)12-16-9-5-4-6-10-16/h4-6,8-10,15H,7,11-13H2,1-3H3/t15-/m1/s1. The van der Waals surface area contributed by atoms with Crippen molar-refractivity contribution in [3.05, 3.63) is 47.5 Å². The molecule has 1 aromatic rings. The van der Waals surface area contributed by atoms with E-state index in [1.54, 1.807) is 9.80 Å². The van der Waals surface area contributed by atoms with Gasteiger partial charge < -0.3 is 9.80 Å². The molecule has 4 heteroatoms. The van der Waals surface area contributed by atoms with Crippen molar-refractivity contribution < 1.29 is 9.59 Å². The van der Waals surface area contributed by atoms with Crippen LogP contribution in [-0.4, -0.2) is 40.7 Å². The van der Waals surface area contributed by atoms with Crippen LogP contribution in [0.25, 0.3) is 0 Å². The van der Waals surface area contributed by atoms with E-state index in [-0.39, 0.29) is 24.4 Å². The highest BCUT2D eigenvalue weighted by molar-refractivity contribution is 5.94. The van der Waals surface area contributed by atoms with E-state index in [4.69, 9.17) is 0 Å². The monoisotopic (exact) mass is 300 g/mol. The molecular formula is C18H24N2O2. The number of hydrogen-bond acceptors (Lipinski definition) is 2. The first-order valence-corrected chi connectivity index (χ1v) is 7.74. The van der Waals surface area contributed by atoms with E-state index in [0.717, 1.165) is 12.0 Å². The number of carbonyl (C=O) groups is 2. The number of hydrogen-bond donors (Lipinski definition) is 0. The van der Waals surface area contributed by atoms with Gasteiger partial charge in [-0.05, 0) is 32.8 Å². The van der Waals surface area contributed by atoms with Crippen molar-refractivity contribution in [3.8, 4) is 0 Å². The van der Waals surface area contributed by atoms with Gasteiger partial charge in [-0.1, -0.05) is 42.0 Å². The summed E-state index contributed by atoms with van der Waals surface area (Å²) in [6, 6.07) is 9.41. The quantitative estimate of drug-likeness (QED) is 0.784. The highest BCUT2D eigenvalue weighted by Crippen LogP contribution is 2.16. The molecule has 0 saturated carbocycles. The molecule has 0 N–H and O–H groups in total. The molecule has 0 aromatic heterocycles. The molecular weight excluding hydrogens is 276 g/mol. The minimum Gasteiger partial charge on any atom is -0.329 e. The first kappa shape index (κ1) is 16.3. The first-order valence-electron chi connectivity index (χ1n) is 7.74. The maximum Gasteiger partial charge on any atom is 0.245 e. The second-order valence-corrected chi connectivity index (χ2v) is 6.01. The van der Waals surface area contributed by atoms with Crippen LogP contribution in [0.15, 0.2) is 42.0 Å². The lowest BCUT2D eigenvalue weighted by Gasteiger charge is -2.38. The molecule has 1 heterocycles. The van der Waals surface area contributed by atoms with E-state index in [9.17, 15) is 9.59 Å². The van der Waals surface area contributed by atoms with Gasteiger partial charge in [-0.3, -0.25) is 9.59 Å². The lowest BCUT2D eigenvalue weighted by atomic mass is 10.1. The van der Waals surface area contributed by atoms with Crippen molar-refractivity contribution >= 4 is 11.8 Å². The van der Waals surface area contributed by atoms with Crippen LogP contribution < -0.4 is 0 Å². The van der Waals surface area contributed by atoms with Crippen molar-refractivity contribution in [2.45, 2.75) is 39.8 Å². The number of piperazine rings is 1. The van der Waals surface area contributed by atoms with Crippen LogP contribution in [-0.2, 0) is 16.1 Å². The van der Waals surface area contributed by atoms with E-state index >= 15 is 0 Å². The third-order valence-corrected chi connectivity index (χ3v) is 3.92. The van der Waals surface area contributed by atoms with Crippen LogP contribution in [0.5, 0.6) is 0 Å². The van der Waals surface area contributed by atoms with Crippen molar-refractivity contribution in [3.63, 3.8) is 0 Å². The Morgan fingerprint density at radius 1 is 1.23 bits per heavy atom. The Balaban J connectivity index is 2.01. The number of benzene rings is 1. The zero-order valence-corrected chi connectivity index (χ0v) is 13.6. The maximum atomic E-state index is 12.5. The van der Waals surface area contributed by atoms with Gasteiger partial charge in [0.15, 0.2) is 0 Å². The first-order chi connectivity index (χ1) is 10.5. The second kappa shape index (κ2) is 7.25. The molecule has 0 unspecified atom stereocenters. The number of rotatable bonds is 5. The van der Waals surface area contributed by atoms with Crippen LogP contribution in [0.1, 0.15) is 32.8 Å². The molecule has 2 rings (SSSR count). The predicted molar refractivity (Wildman–Crippen MR) is 87.1 cm³/mol. The normalized spacial score (nSPS) is 18.6. The Kier molecular flexibility index (Phi) is 5.36. The lowest BCUT2D eigenvalue weighted by molar-refractivity contribution is -0.155. The summed E-state index contributed by atoms with van der Waals surface area (Å²) in [5, 5.41) is 0. The van der Waals surface area contributed by atoms with Crippen LogP contribution >= 0.6 is 0 Å². The topological polar surface area (TPSA) is 40.6 Å². The van der Waals surface area contributed by atoms with Gasteiger partial charge in [-0.15, -0.1) is 0 Å². The van der Waals surface area contributed by atoms with Crippen molar-refractivity contribution in [1.82, 2.24) is 9.80 Å². The Morgan fingerprint density at radius 3 is 2.55 bits per heavy atom. The maximum absolute atomic E-state index is 12.5. The summed E-state index contributed by atoms with van der Waals surface area (Å²) >= 11 is 0. The van der Waals surface area contributed by atoms with Gasteiger partial charge in [-0.25, -0.2) is 0 Å². The molecule has 4 nitrogen and oxygen atoms in total. The summed E-state index contributed by atoms with van der Waals surface area (Å²) < 4.78 is 0. The number of carbonyl (C=O) groups excluding carboxylic acids is 2. The average Bonchev–Trinajstić information content (AvgIpc) is 2.49. The van der Waals surface area contributed by atoms with Crippen LogP contribution in [0, 0.1) is 0 Å². The molecule has 0 radical (unpaired) electrons. The van der Waals surface area contributed by atoms with Gasteiger partial charge in [0.2, 0.25) is 11.8 Å². The molecule has 1 atom stereocenters. The fourth-order valence-electron chi connectivity index (χ4n) is 2.69. The van der Waals surface area contributed by atoms with Crippen molar-refractivity contribution in [1.29, 1.82) is 0 Å². The van der Waals surface area contributed by atoms with Gasteiger partial charge in [0.05, 0.1) is 0 Å². The highest BCUT2D eigenvalue weighted by Gasteiger charge is 2.35. The Morgan fingerprint density at radius 2 is 1.91 bits per heavy atom. The van der Waals surface area contributed by atoms with Gasteiger partial charge in [0.25, 0.3) is 0 Å². The number of amides is 2. The predicted octanol–water partition coefficient (Wildman–Crippen LogP) is 2.60. The highest BCUT2D eigenvalue weighted by atomic mass is 16.2. The third kappa shape index (κ3) is 3.97. The average molecular weight is 300 g/mol. The molecule has 0 spiro atoms. The van der Waals surface area contributed by atoms with Crippen molar-refractivity contribution in [2.75, 3.05) is 13.1 Å². The zero-order valence-electron chi connectivity index (χ0n) is 13.6. The fourth-order valence-corrected chi connectivity index (χ4v) is 2.69. The molecule has 1 saturated heterocycles. The summed E-state index contributed by atoms with van der Waals surface area (Å²) in [4.78, 5) is 28.2. The van der Waals surface area contributed by atoms with E-state index in [1.165, 1.54) is 5.57 Å². The summed E-state index contributed by atoms with van der Waals surface area (Å²) in [5.74, 6) is 0.0610. The SMILES string of the molecule is CC(C)=CCCN1C(=O)CN(Cc2ccccc2)C(=O)[C@H]1C. The largest absolute Gasteiger partial charge is 0.329 e. The van der Waals surface area contributed by atoms with Gasteiger partial charge in [-0.2, -0.15) is 0 Å². The molecule has 1 fully saturated rings. The molecule has 118 valence electrons. The van der Waals surface area contributed by atoms with Gasteiger partial charge in [0.1, 0.15) is 12.6 Å². The van der Waals surface area contributed by atoms with Gasteiger partial charge >= 0.3 is 0 Å². The van der Waals surface area contributed by atoms with E-state index in [1.807, 2.05) is 51.1 Å². The summed E-state index contributed by atoms with van der Waals surface area (Å²) in [7, 11) is 0. The van der Waals surface area contributed by atoms with Crippen molar-refractivity contribution in [2.24, 2.45) is 0 Å². The summed E-state index contributed by atoms with van der Waals surface area (Å²) in [5.41, 5.74) is 2.28. The number of nitrogens with zero attached hydrogens (tertiary/aromatic N) is 2. The minimum absolute atomic E-state index is 0.0284. The smallest absolute Gasteiger partial charge is 0.245 e. The Bertz CT molecular complexity index is 562. The third-order valence-electron chi connectivity index (χ3n) is 3.92.